The molecule has 0 spiro atoms. The topological polar surface area (TPSA) is 88.3 Å². The fourth-order valence-corrected chi connectivity index (χ4v) is 1.94. The molecule has 0 atom stereocenters. The van der Waals surface area contributed by atoms with Crippen LogP contribution in [0.2, 0.25) is 0 Å². The normalized spacial score (nSPS) is 14.8. The molecule has 1 aliphatic heterocycles. The number of carbonyl (C=O) groups excluding carboxylic acids is 2. The molecule has 0 aromatic carbocycles. The van der Waals surface area contributed by atoms with E-state index in [9.17, 15) is 9.59 Å². The summed E-state index contributed by atoms with van der Waals surface area (Å²) in [7, 11) is 0. The molecular formula is C14H16N4O2. The minimum atomic E-state index is -0.203. The third kappa shape index (κ3) is 3.56. The first-order valence-electron chi connectivity index (χ1n) is 6.40. The van der Waals surface area contributed by atoms with Crippen LogP contribution in [0.4, 0.5) is 0 Å². The molecule has 0 bridgehead atoms. The molecule has 2 amide bonds. The van der Waals surface area contributed by atoms with Crippen molar-refractivity contribution >= 4 is 11.8 Å². The lowest BCUT2D eigenvalue weighted by Gasteiger charge is -2.18. The molecule has 1 saturated heterocycles. The standard InChI is InChI=1S/C14H16N4O2/c15-4-1-3-11-7-12(9-16-8-11)14(20)18-6-2-5-17-13(19)10-18/h7-9H,2,4-6,10,15H2,(H,17,19). The highest BCUT2D eigenvalue weighted by Gasteiger charge is 2.21. The lowest BCUT2D eigenvalue weighted by Crippen LogP contribution is -2.37. The highest BCUT2D eigenvalue weighted by molar-refractivity contribution is 5.96. The first kappa shape index (κ1) is 14.0. The van der Waals surface area contributed by atoms with E-state index >= 15 is 0 Å². The van der Waals surface area contributed by atoms with Crippen LogP contribution in [0.1, 0.15) is 22.3 Å². The zero-order chi connectivity index (χ0) is 14.4. The molecule has 2 rings (SSSR count). The van der Waals surface area contributed by atoms with Crippen molar-refractivity contribution in [3.63, 3.8) is 0 Å². The molecule has 1 aliphatic rings. The Bertz CT molecular complexity index is 574. The van der Waals surface area contributed by atoms with Crippen molar-refractivity contribution in [1.29, 1.82) is 0 Å². The van der Waals surface area contributed by atoms with Gasteiger partial charge in [-0.2, -0.15) is 0 Å². The van der Waals surface area contributed by atoms with Gasteiger partial charge in [0.25, 0.3) is 5.91 Å². The van der Waals surface area contributed by atoms with E-state index in [4.69, 9.17) is 5.73 Å². The van der Waals surface area contributed by atoms with Gasteiger partial charge < -0.3 is 16.0 Å². The highest BCUT2D eigenvalue weighted by atomic mass is 16.2. The number of nitrogens with two attached hydrogens (primary N) is 1. The largest absolute Gasteiger partial charge is 0.354 e. The fraction of sp³-hybridized carbons (Fsp3) is 0.357. The highest BCUT2D eigenvalue weighted by Crippen LogP contribution is 2.08. The van der Waals surface area contributed by atoms with Gasteiger partial charge in [0.2, 0.25) is 5.91 Å². The second-order valence-electron chi connectivity index (χ2n) is 4.40. The Morgan fingerprint density at radius 1 is 1.50 bits per heavy atom. The molecular weight excluding hydrogens is 256 g/mol. The van der Waals surface area contributed by atoms with E-state index in [1.165, 1.54) is 11.1 Å². The number of amides is 2. The average Bonchev–Trinajstić information content (AvgIpc) is 2.69. The lowest BCUT2D eigenvalue weighted by molar-refractivity contribution is -0.121. The van der Waals surface area contributed by atoms with Crippen molar-refractivity contribution in [2.45, 2.75) is 6.42 Å². The van der Waals surface area contributed by atoms with Gasteiger partial charge >= 0.3 is 0 Å². The molecule has 104 valence electrons. The van der Waals surface area contributed by atoms with Crippen LogP contribution in [0.15, 0.2) is 18.5 Å². The van der Waals surface area contributed by atoms with Gasteiger partial charge in [0.1, 0.15) is 0 Å². The van der Waals surface area contributed by atoms with Crippen LogP contribution in [0, 0.1) is 11.8 Å². The summed E-state index contributed by atoms with van der Waals surface area (Å²) in [5.41, 5.74) is 6.38. The maximum absolute atomic E-state index is 12.4. The Labute approximate surface area is 117 Å². The van der Waals surface area contributed by atoms with Gasteiger partial charge in [-0.05, 0) is 12.5 Å². The predicted molar refractivity (Wildman–Crippen MR) is 73.7 cm³/mol. The summed E-state index contributed by atoms with van der Waals surface area (Å²) in [6.45, 7) is 1.49. The second-order valence-corrected chi connectivity index (χ2v) is 4.40. The maximum atomic E-state index is 12.4. The summed E-state index contributed by atoms with van der Waals surface area (Å²) >= 11 is 0. The van der Waals surface area contributed by atoms with Gasteiger partial charge in [-0.15, -0.1) is 0 Å². The molecule has 20 heavy (non-hydrogen) atoms. The van der Waals surface area contributed by atoms with Gasteiger partial charge in [-0.1, -0.05) is 11.8 Å². The van der Waals surface area contributed by atoms with Crippen LogP contribution in [-0.2, 0) is 4.79 Å². The summed E-state index contributed by atoms with van der Waals surface area (Å²) in [5, 5.41) is 2.74. The first-order valence-corrected chi connectivity index (χ1v) is 6.40. The number of nitrogens with one attached hydrogen (secondary N) is 1. The number of hydrogen-bond donors (Lipinski definition) is 2. The summed E-state index contributed by atoms with van der Waals surface area (Å²) in [6, 6.07) is 1.67. The molecule has 1 fully saturated rings. The minimum Gasteiger partial charge on any atom is -0.354 e. The molecule has 0 unspecified atom stereocenters. The maximum Gasteiger partial charge on any atom is 0.255 e. The Hall–Kier alpha value is -2.39. The molecule has 6 nitrogen and oxygen atoms in total. The van der Waals surface area contributed by atoms with E-state index < -0.39 is 0 Å². The van der Waals surface area contributed by atoms with Crippen molar-refractivity contribution in [3.05, 3.63) is 29.6 Å². The number of pyridine rings is 1. The Kier molecular flexibility index (Phi) is 4.69. The third-order valence-electron chi connectivity index (χ3n) is 2.87. The van der Waals surface area contributed by atoms with Crippen LogP contribution < -0.4 is 11.1 Å². The molecule has 2 heterocycles. The second kappa shape index (κ2) is 6.68. The molecule has 6 heteroatoms. The Balaban J connectivity index is 2.17. The molecule has 0 aliphatic carbocycles. The third-order valence-corrected chi connectivity index (χ3v) is 2.87. The van der Waals surface area contributed by atoms with Crippen LogP contribution in [0.25, 0.3) is 0 Å². The molecule has 3 N–H and O–H groups in total. The Morgan fingerprint density at radius 2 is 2.35 bits per heavy atom. The minimum absolute atomic E-state index is 0.0809. The van der Waals surface area contributed by atoms with E-state index in [1.54, 1.807) is 12.3 Å². The predicted octanol–water partition coefficient (Wildman–Crippen LogP) is -0.646. The smallest absolute Gasteiger partial charge is 0.255 e. The quantitative estimate of drug-likeness (QED) is 0.665. The number of aromatic nitrogens is 1. The summed E-state index contributed by atoms with van der Waals surface area (Å²) in [6.07, 6.45) is 3.81. The van der Waals surface area contributed by atoms with Crippen molar-refractivity contribution in [1.82, 2.24) is 15.2 Å². The van der Waals surface area contributed by atoms with Crippen LogP contribution in [0.5, 0.6) is 0 Å². The van der Waals surface area contributed by atoms with Crippen LogP contribution in [-0.4, -0.2) is 47.9 Å². The number of nitrogens with zero attached hydrogens (tertiary/aromatic N) is 2. The van der Waals surface area contributed by atoms with Crippen molar-refractivity contribution in [2.24, 2.45) is 5.73 Å². The fourth-order valence-electron chi connectivity index (χ4n) is 1.94. The number of carbonyl (C=O) groups is 2. The summed E-state index contributed by atoms with van der Waals surface area (Å²) < 4.78 is 0. The van der Waals surface area contributed by atoms with Gasteiger partial charge in [0.15, 0.2) is 0 Å². The van der Waals surface area contributed by atoms with Crippen molar-refractivity contribution < 1.29 is 9.59 Å². The zero-order valence-electron chi connectivity index (χ0n) is 11.1. The van der Waals surface area contributed by atoms with E-state index in [1.807, 2.05) is 0 Å². The van der Waals surface area contributed by atoms with E-state index in [0.717, 1.165) is 6.42 Å². The summed E-state index contributed by atoms with van der Waals surface area (Å²) in [5.74, 6) is 5.21. The van der Waals surface area contributed by atoms with E-state index in [0.29, 0.717) is 24.2 Å². The van der Waals surface area contributed by atoms with E-state index in [2.05, 4.69) is 22.1 Å². The number of hydrogen-bond acceptors (Lipinski definition) is 4. The van der Waals surface area contributed by atoms with Crippen LogP contribution >= 0.6 is 0 Å². The molecule has 1 aromatic heterocycles. The van der Waals surface area contributed by atoms with Crippen molar-refractivity contribution in [2.75, 3.05) is 26.2 Å². The summed E-state index contributed by atoms with van der Waals surface area (Å²) in [4.78, 5) is 29.4. The molecule has 1 aromatic rings. The Morgan fingerprint density at radius 3 is 3.15 bits per heavy atom. The van der Waals surface area contributed by atoms with E-state index in [-0.39, 0.29) is 24.9 Å². The molecule has 0 saturated carbocycles. The van der Waals surface area contributed by atoms with Gasteiger partial charge in [-0.25, -0.2) is 0 Å². The first-order chi connectivity index (χ1) is 9.70. The van der Waals surface area contributed by atoms with Crippen LogP contribution in [0.3, 0.4) is 0 Å². The number of rotatable bonds is 1. The zero-order valence-corrected chi connectivity index (χ0v) is 11.1. The lowest BCUT2D eigenvalue weighted by atomic mass is 10.2. The monoisotopic (exact) mass is 272 g/mol. The van der Waals surface area contributed by atoms with Gasteiger partial charge in [0.05, 0.1) is 18.7 Å². The van der Waals surface area contributed by atoms with Gasteiger partial charge in [-0.3, -0.25) is 14.6 Å². The van der Waals surface area contributed by atoms with Crippen molar-refractivity contribution in [3.8, 4) is 11.8 Å². The SMILES string of the molecule is NCC#Cc1cncc(C(=O)N2CCCNC(=O)C2)c1. The molecule has 0 radical (unpaired) electrons. The van der Waals surface area contributed by atoms with Gasteiger partial charge in [0, 0.05) is 31.0 Å². The average molecular weight is 272 g/mol.